The Morgan fingerprint density at radius 1 is 1.24 bits per heavy atom. The number of rotatable bonds is 6. The summed E-state index contributed by atoms with van der Waals surface area (Å²) in [4.78, 5) is 0. The topological polar surface area (TPSA) is 61.5 Å². The van der Waals surface area contributed by atoms with Crippen molar-refractivity contribution in [2.45, 2.75) is 43.4 Å². The van der Waals surface area contributed by atoms with E-state index in [1.165, 1.54) is 19.3 Å². The van der Waals surface area contributed by atoms with Crippen molar-refractivity contribution < 1.29 is 13.7 Å². The molecule has 2 N–H and O–H groups in total. The van der Waals surface area contributed by atoms with Crippen LogP contribution in [0, 0.1) is 0 Å². The van der Waals surface area contributed by atoms with Crippen LogP contribution in [0.3, 0.4) is 0 Å². The van der Waals surface area contributed by atoms with Gasteiger partial charge in [-0.1, -0.05) is 25.3 Å². The van der Waals surface area contributed by atoms with Crippen molar-refractivity contribution in [2.24, 2.45) is 5.73 Å². The average molecular weight is 311 g/mol. The minimum Gasteiger partial charge on any atom is -0.497 e. The van der Waals surface area contributed by atoms with Crippen LogP contribution >= 0.6 is 0 Å². The van der Waals surface area contributed by atoms with Crippen molar-refractivity contribution in [3.63, 3.8) is 0 Å². The second-order valence-electron chi connectivity index (χ2n) is 5.52. The van der Waals surface area contributed by atoms with Crippen LogP contribution in [-0.4, -0.2) is 29.4 Å². The Morgan fingerprint density at radius 3 is 2.57 bits per heavy atom. The molecule has 4 nitrogen and oxygen atoms in total. The molecule has 0 heterocycles. The molecule has 2 unspecified atom stereocenters. The minimum atomic E-state index is -0.866. The predicted octanol–water partition coefficient (Wildman–Crippen LogP) is 2.79. The van der Waals surface area contributed by atoms with Crippen LogP contribution < -0.4 is 15.2 Å². The maximum Gasteiger partial charge on any atom is 0.127 e. The molecule has 0 radical (unpaired) electrons. The molecule has 1 fully saturated rings. The van der Waals surface area contributed by atoms with Crippen LogP contribution in [0.2, 0.25) is 0 Å². The van der Waals surface area contributed by atoms with E-state index in [2.05, 4.69) is 0 Å². The number of methoxy groups -OCH3 is 2. The number of ether oxygens (including phenoxy) is 2. The molecule has 0 aromatic heterocycles. The third-order valence-electron chi connectivity index (χ3n) is 4.11. The fourth-order valence-corrected chi connectivity index (χ4v) is 4.52. The summed E-state index contributed by atoms with van der Waals surface area (Å²) in [6.07, 6.45) is 5.79. The molecule has 21 heavy (non-hydrogen) atoms. The van der Waals surface area contributed by atoms with Gasteiger partial charge in [-0.15, -0.1) is 0 Å². The average Bonchev–Trinajstić information content (AvgIpc) is 2.54. The van der Waals surface area contributed by atoms with Crippen molar-refractivity contribution in [3.05, 3.63) is 23.8 Å². The Labute approximate surface area is 129 Å². The SMILES string of the molecule is COc1ccc(C(N)CS(=O)C2CCCCC2)c(OC)c1. The van der Waals surface area contributed by atoms with Gasteiger partial charge in [0.1, 0.15) is 11.5 Å². The molecule has 0 bridgehead atoms. The molecule has 1 aromatic carbocycles. The van der Waals surface area contributed by atoms with Crippen molar-refractivity contribution in [1.29, 1.82) is 0 Å². The third-order valence-corrected chi connectivity index (χ3v) is 6.01. The lowest BCUT2D eigenvalue weighted by molar-refractivity contribution is 0.389. The van der Waals surface area contributed by atoms with Gasteiger partial charge in [0.25, 0.3) is 0 Å². The van der Waals surface area contributed by atoms with E-state index in [1.807, 2.05) is 18.2 Å². The van der Waals surface area contributed by atoms with E-state index in [0.717, 1.165) is 24.2 Å². The maximum absolute atomic E-state index is 12.5. The molecule has 2 atom stereocenters. The van der Waals surface area contributed by atoms with Crippen molar-refractivity contribution in [1.82, 2.24) is 0 Å². The van der Waals surface area contributed by atoms with Gasteiger partial charge in [0.15, 0.2) is 0 Å². The quantitative estimate of drug-likeness (QED) is 0.877. The number of hydrogen-bond acceptors (Lipinski definition) is 4. The van der Waals surface area contributed by atoms with E-state index in [0.29, 0.717) is 16.8 Å². The van der Waals surface area contributed by atoms with E-state index in [-0.39, 0.29) is 6.04 Å². The van der Waals surface area contributed by atoms with E-state index in [4.69, 9.17) is 15.2 Å². The van der Waals surface area contributed by atoms with Crippen molar-refractivity contribution >= 4 is 10.8 Å². The number of benzene rings is 1. The molecular formula is C16H25NO3S. The zero-order chi connectivity index (χ0) is 15.2. The standard InChI is InChI=1S/C16H25NO3S/c1-19-12-8-9-14(16(10-12)20-2)15(17)11-21(18)13-6-4-3-5-7-13/h8-10,13,15H,3-7,11,17H2,1-2H3. The first-order valence-electron chi connectivity index (χ1n) is 7.50. The van der Waals surface area contributed by atoms with Gasteiger partial charge in [0.2, 0.25) is 0 Å². The molecule has 5 heteroatoms. The lowest BCUT2D eigenvalue weighted by atomic mass is 10.0. The van der Waals surface area contributed by atoms with Gasteiger partial charge in [-0.3, -0.25) is 4.21 Å². The number of nitrogens with two attached hydrogens (primary N) is 1. The van der Waals surface area contributed by atoms with Crippen LogP contribution in [0.15, 0.2) is 18.2 Å². The highest BCUT2D eigenvalue weighted by Crippen LogP contribution is 2.30. The first kappa shape index (κ1) is 16.3. The summed E-state index contributed by atoms with van der Waals surface area (Å²) in [5, 5.41) is 0.314. The molecule has 0 saturated heterocycles. The highest BCUT2D eigenvalue weighted by molar-refractivity contribution is 7.85. The van der Waals surface area contributed by atoms with Gasteiger partial charge in [0.05, 0.1) is 14.2 Å². The van der Waals surface area contributed by atoms with E-state index in [1.54, 1.807) is 14.2 Å². The zero-order valence-corrected chi connectivity index (χ0v) is 13.7. The second kappa shape index (κ2) is 7.80. The molecule has 118 valence electrons. The first-order valence-corrected chi connectivity index (χ1v) is 8.88. The second-order valence-corrected chi connectivity index (χ2v) is 7.28. The van der Waals surface area contributed by atoms with Crippen LogP contribution in [0.1, 0.15) is 43.7 Å². The lowest BCUT2D eigenvalue weighted by Crippen LogP contribution is -2.27. The summed E-state index contributed by atoms with van der Waals surface area (Å²) in [6, 6.07) is 5.31. The molecule has 1 aliphatic rings. The Kier molecular flexibility index (Phi) is 6.06. The van der Waals surface area contributed by atoms with E-state index < -0.39 is 10.8 Å². The predicted molar refractivity (Wildman–Crippen MR) is 86.4 cm³/mol. The van der Waals surface area contributed by atoms with Crippen LogP contribution in [-0.2, 0) is 10.8 Å². The molecule has 2 rings (SSSR count). The first-order chi connectivity index (χ1) is 10.2. The fraction of sp³-hybridized carbons (Fsp3) is 0.625. The highest BCUT2D eigenvalue weighted by Gasteiger charge is 2.23. The largest absolute Gasteiger partial charge is 0.497 e. The third kappa shape index (κ3) is 4.20. The van der Waals surface area contributed by atoms with Gasteiger partial charge in [-0.2, -0.15) is 0 Å². The molecule has 1 saturated carbocycles. The van der Waals surface area contributed by atoms with E-state index in [9.17, 15) is 4.21 Å². The Balaban J connectivity index is 2.05. The zero-order valence-electron chi connectivity index (χ0n) is 12.8. The summed E-state index contributed by atoms with van der Waals surface area (Å²) in [7, 11) is 2.37. The Morgan fingerprint density at radius 2 is 1.95 bits per heavy atom. The molecule has 1 aliphatic carbocycles. The van der Waals surface area contributed by atoms with Gasteiger partial charge < -0.3 is 15.2 Å². The minimum absolute atomic E-state index is 0.270. The summed E-state index contributed by atoms with van der Waals surface area (Å²) < 4.78 is 23.0. The van der Waals surface area contributed by atoms with E-state index >= 15 is 0 Å². The van der Waals surface area contributed by atoms with Crippen LogP contribution in [0.5, 0.6) is 11.5 Å². The molecular weight excluding hydrogens is 286 g/mol. The summed E-state index contributed by atoms with van der Waals surface area (Å²) in [5.74, 6) is 1.92. The van der Waals surface area contributed by atoms with Crippen molar-refractivity contribution in [3.8, 4) is 11.5 Å². The Bertz CT molecular complexity index is 486. The van der Waals surface area contributed by atoms with Gasteiger partial charge in [0, 0.05) is 39.5 Å². The summed E-state index contributed by atoms with van der Waals surface area (Å²) in [6.45, 7) is 0. The molecule has 0 aliphatic heterocycles. The normalized spacial score (nSPS) is 19.0. The maximum atomic E-state index is 12.5. The van der Waals surface area contributed by atoms with Crippen molar-refractivity contribution in [2.75, 3.05) is 20.0 Å². The fourth-order valence-electron chi connectivity index (χ4n) is 2.86. The van der Waals surface area contributed by atoms with Crippen LogP contribution in [0.25, 0.3) is 0 Å². The monoisotopic (exact) mass is 311 g/mol. The van der Waals surface area contributed by atoms with Gasteiger partial charge >= 0.3 is 0 Å². The lowest BCUT2D eigenvalue weighted by Gasteiger charge is -2.23. The molecule has 1 aromatic rings. The smallest absolute Gasteiger partial charge is 0.127 e. The highest BCUT2D eigenvalue weighted by atomic mass is 32.2. The molecule has 0 amide bonds. The Hall–Kier alpha value is -1.07. The molecule has 0 spiro atoms. The van der Waals surface area contributed by atoms with Gasteiger partial charge in [-0.25, -0.2) is 0 Å². The van der Waals surface area contributed by atoms with Gasteiger partial charge in [-0.05, 0) is 18.9 Å². The summed E-state index contributed by atoms with van der Waals surface area (Å²) >= 11 is 0. The number of hydrogen-bond donors (Lipinski definition) is 1. The van der Waals surface area contributed by atoms with Crippen LogP contribution in [0.4, 0.5) is 0 Å². The summed E-state index contributed by atoms with van der Waals surface area (Å²) in [5.41, 5.74) is 7.15.